The summed E-state index contributed by atoms with van der Waals surface area (Å²) in [5, 5.41) is 0.249. The molecule has 0 spiro atoms. The molecule has 0 amide bonds. The highest BCUT2D eigenvalue weighted by atomic mass is 127. The molecule has 2 N–H and O–H groups in total. The van der Waals surface area contributed by atoms with Crippen LogP contribution in [-0.4, -0.2) is 9.55 Å². The molecule has 3 aromatic rings. The zero-order valence-electron chi connectivity index (χ0n) is 10.5. The van der Waals surface area contributed by atoms with Gasteiger partial charge in [-0.15, -0.1) is 0 Å². The first kappa shape index (κ1) is 13.9. The summed E-state index contributed by atoms with van der Waals surface area (Å²) in [5.41, 5.74) is 4.96. The lowest BCUT2D eigenvalue weighted by Crippen LogP contribution is -2.25. The predicted molar refractivity (Wildman–Crippen MR) is 84.4 cm³/mol. The van der Waals surface area contributed by atoms with Gasteiger partial charge in [0.05, 0.1) is 10.9 Å². The van der Waals surface area contributed by atoms with Crippen molar-refractivity contribution < 1.29 is 8.78 Å². The third-order valence-electron chi connectivity index (χ3n) is 3.02. The van der Waals surface area contributed by atoms with Crippen LogP contribution in [0.2, 0.25) is 0 Å². The summed E-state index contributed by atoms with van der Waals surface area (Å²) >= 11 is 2.04. The largest absolute Gasteiger partial charge is 0.369 e. The maximum absolute atomic E-state index is 13.9. The van der Waals surface area contributed by atoms with E-state index in [1.165, 1.54) is 6.07 Å². The highest BCUT2D eigenvalue weighted by Crippen LogP contribution is 2.20. The van der Waals surface area contributed by atoms with Crippen molar-refractivity contribution in [2.75, 3.05) is 5.73 Å². The second-order valence-corrected chi connectivity index (χ2v) is 5.59. The number of rotatable bonds is 1. The summed E-state index contributed by atoms with van der Waals surface area (Å²) in [6.07, 6.45) is 0. The first-order chi connectivity index (χ1) is 9.99. The Morgan fingerprint density at radius 1 is 1.14 bits per heavy atom. The van der Waals surface area contributed by atoms with Crippen LogP contribution in [0, 0.1) is 15.2 Å². The SMILES string of the molecule is Nc1nc2ccc(I)cc2c(=O)n1-c1c(F)cccc1F. The normalized spacial score (nSPS) is 11.0. The van der Waals surface area contributed by atoms with Crippen molar-refractivity contribution in [1.29, 1.82) is 0 Å². The van der Waals surface area contributed by atoms with E-state index in [1.807, 2.05) is 22.6 Å². The molecule has 106 valence electrons. The molecule has 0 aliphatic rings. The molecule has 2 aromatic carbocycles. The lowest BCUT2D eigenvalue weighted by atomic mass is 10.2. The highest BCUT2D eigenvalue weighted by Gasteiger charge is 2.17. The van der Waals surface area contributed by atoms with E-state index >= 15 is 0 Å². The molecule has 7 heteroatoms. The van der Waals surface area contributed by atoms with Gasteiger partial charge >= 0.3 is 0 Å². The molecule has 21 heavy (non-hydrogen) atoms. The molecule has 0 fully saturated rings. The van der Waals surface area contributed by atoms with Gasteiger partial charge in [0.2, 0.25) is 5.95 Å². The molecule has 1 heterocycles. The van der Waals surface area contributed by atoms with Crippen molar-refractivity contribution in [2.24, 2.45) is 0 Å². The number of aromatic nitrogens is 2. The summed E-state index contributed by atoms with van der Waals surface area (Å²) in [7, 11) is 0. The number of para-hydroxylation sites is 1. The predicted octanol–water partition coefficient (Wildman–Crippen LogP) is 2.85. The Bertz CT molecular complexity index is 904. The standard InChI is InChI=1S/C14H8F2IN3O/c15-9-2-1-3-10(16)12(9)20-13(21)8-6-7(17)4-5-11(8)19-14(20)18/h1-6H,(H2,18,19). The van der Waals surface area contributed by atoms with Gasteiger partial charge in [0, 0.05) is 3.57 Å². The average Bonchev–Trinajstić information content (AvgIpc) is 2.43. The molecule has 3 rings (SSSR count). The maximum Gasteiger partial charge on any atom is 0.267 e. The van der Waals surface area contributed by atoms with Crippen molar-refractivity contribution >= 4 is 39.4 Å². The Labute approximate surface area is 131 Å². The lowest BCUT2D eigenvalue weighted by molar-refractivity contribution is 0.567. The van der Waals surface area contributed by atoms with Crippen LogP contribution in [0.1, 0.15) is 0 Å². The van der Waals surface area contributed by atoms with E-state index in [0.29, 0.717) is 5.52 Å². The van der Waals surface area contributed by atoms with Crippen molar-refractivity contribution in [3.63, 3.8) is 0 Å². The van der Waals surface area contributed by atoms with E-state index in [9.17, 15) is 13.6 Å². The summed E-state index contributed by atoms with van der Waals surface area (Å²) in [5.74, 6) is -2.02. The maximum atomic E-state index is 13.9. The zero-order chi connectivity index (χ0) is 15.1. The molecule has 0 radical (unpaired) electrons. The Morgan fingerprint density at radius 3 is 2.48 bits per heavy atom. The lowest BCUT2D eigenvalue weighted by Gasteiger charge is -2.12. The summed E-state index contributed by atoms with van der Waals surface area (Å²) in [6.45, 7) is 0. The van der Waals surface area contributed by atoms with Gasteiger partial charge in [0.1, 0.15) is 17.3 Å². The van der Waals surface area contributed by atoms with E-state index in [0.717, 1.165) is 20.3 Å². The number of fused-ring (bicyclic) bond motifs is 1. The molecule has 0 bridgehead atoms. The van der Waals surface area contributed by atoms with Crippen molar-refractivity contribution in [3.8, 4) is 5.69 Å². The highest BCUT2D eigenvalue weighted by molar-refractivity contribution is 14.1. The van der Waals surface area contributed by atoms with Crippen LogP contribution in [0.25, 0.3) is 16.6 Å². The zero-order valence-corrected chi connectivity index (χ0v) is 12.6. The number of nitrogen functional groups attached to an aromatic ring is 1. The van der Waals surface area contributed by atoms with Gasteiger partial charge < -0.3 is 5.73 Å². The molecule has 0 aliphatic carbocycles. The molecule has 4 nitrogen and oxygen atoms in total. The number of halogens is 3. The van der Waals surface area contributed by atoms with Crippen molar-refractivity contribution in [3.05, 3.63) is 62.0 Å². The van der Waals surface area contributed by atoms with Gasteiger partial charge in [-0.1, -0.05) is 6.07 Å². The number of hydrogen-bond donors (Lipinski definition) is 1. The Kier molecular flexibility index (Phi) is 3.36. The Hall–Kier alpha value is -2.03. The molecule has 0 saturated heterocycles. The van der Waals surface area contributed by atoms with Crippen molar-refractivity contribution in [2.45, 2.75) is 0 Å². The van der Waals surface area contributed by atoms with Crippen LogP contribution >= 0.6 is 22.6 Å². The minimum Gasteiger partial charge on any atom is -0.369 e. The van der Waals surface area contributed by atoms with E-state index in [2.05, 4.69) is 4.98 Å². The molecule has 0 unspecified atom stereocenters. The number of nitrogens with zero attached hydrogens (tertiary/aromatic N) is 2. The van der Waals surface area contributed by atoms with Crippen molar-refractivity contribution in [1.82, 2.24) is 9.55 Å². The van der Waals surface area contributed by atoms with E-state index in [-0.39, 0.29) is 11.3 Å². The van der Waals surface area contributed by atoms with Gasteiger partial charge in [0.15, 0.2) is 0 Å². The van der Waals surface area contributed by atoms with Gasteiger partial charge in [0.25, 0.3) is 5.56 Å². The Balaban J connectivity index is 2.46. The molecule has 0 aliphatic heterocycles. The minimum atomic E-state index is -0.879. The number of anilines is 1. The average molecular weight is 399 g/mol. The fraction of sp³-hybridized carbons (Fsp3) is 0. The van der Waals surface area contributed by atoms with Crippen LogP contribution in [0.3, 0.4) is 0 Å². The van der Waals surface area contributed by atoms with Crippen LogP contribution in [0.15, 0.2) is 41.2 Å². The first-order valence-electron chi connectivity index (χ1n) is 5.91. The summed E-state index contributed by atoms with van der Waals surface area (Å²) in [4.78, 5) is 16.6. The first-order valence-corrected chi connectivity index (χ1v) is 6.99. The van der Waals surface area contributed by atoms with E-state index in [4.69, 9.17) is 5.73 Å². The number of benzene rings is 2. The molecular weight excluding hydrogens is 391 g/mol. The third-order valence-corrected chi connectivity index (χ3v) is 3.69. The second-order valence-electron chi connectivity index (χ2n) is 4.34. The third kappa shape index (κ3) is 2.27. The topological polar surface area (TPSA) is 60.9 Å². The van der Waals surface area contributed by atoms with Crippen LogP contribution in [0.5, 0.6) is 0 Å². The van der Waals surface area contributed by atoms with Gasteiger partial charge in [-0.2, -0.15) is 0 Å². The fourth-order valence-corrected chi connectivity index (χ4v) is 2.58. The van der Waals surface area contributed by atoms with Gasteiger partial charge in [-0.25, -0.2) is 18.3 Å². The van der Waals surface area contributed by atoms with Crippen LogP contribution in [0.4, 0.5) is 14.7 Å². The quantitative estimate of drug-likeness (QED) is 0.641. The van der Waals surface area contributed by atoms with Crippen LogP contribution < -0.4 is 11.3 Å². The molecule has 0 atom stereocenters. The molecular formula is C14H8F2IN3O. The van der Waals surface area contributed by atoms with Gasteiger partial charge in [-0.3, -0.25) is 4.79 Å². The second kappa shape index (κ2) is 5.06. The van der Waals surface area contributed by atoms with Crippen LogP contribution in [-0.2, 0) is 0 Å². The van der Waals surface area contributed by atoms with Gasteiger partial charge in [-0.05, 0) is 52.9 Å². The Morgan fingerprint density at radius 2 is 1.81 bits per heavy atom. The summed E-state index contributed by atoms with van der Waals surface area (Å²) in [6, 6.07) is 8.33. The summed E-state index contributed by atoms with van der Waals surface area (Å²) < 4.78 is 29.3. The molecule has 0 saturated carbocycles. The van der Waals surface area contributed by atoms with E-state index < -0.39 is 22.9 Å². The number of nitrogens with two attached hydrogens (primary N) is 1. The monoisotopic (exact) mass is 399 g/mol. The number of hydrogen-bond acceptors (Lipinski definition) is 3. The molecule has 1 aromatic heterocycles. The minimum absolute atomic E-state index is 0.249. The fourth-order valence-electron chi connectivity index (χ4n) is 2.09. The smallest absolute Gasteiger partial charge is 0.267 e. The van der Waals surface area contributed by atoms with E-state index in [1.54, 1.807) is 18.2 Å².